The molecule has 4 heterocycles. The summed E-state index contributed by atoms with van der Waals surface area (Å²) in [6.45, 7) is 4.75. The van der Waals surface area contributed by atoms with Crippen LogP contribution in [0.4, 0.5) is 0 Å². The Morgan fingerprint density at radius 3 is 2.81 bits per heavy atom. The molecule has 7 heteroatoms. The van der Waals surface area contributed by atoms with E-state index in [1.165, 1.54) is 11.3 Å². The van der Waals surface area contributed by atoms with Crippen molar-refractivity contribution in [1.29, 1.82) is 0 Å². The Morgan fingerprint density at radius 2 is 2.10 bits per heavy atom. The van der Waals surface area contributed by atoms with Crippen LogP contribution in [0, 0.1) is 0 Å². The molecule has 1 N–H and O–H groups in total. The standard InChI is InChI=1S/C24H29N3O3S/c1-3-18-12-19-21(31-18)13-20-22(28)27(14-17-10-7-11-30-17)24(2,15-26(19)20)23(29)25-16-8-5-4-6-9-16/h7,10-13,16H,3-6,8-9,14-15H2,1-2H3,(H,25,29)/t24-/m1/s1. The highest BCUT2D eigenvalue weighted by atomic mass is 32.1. The van der Waals surface area contributed by atoms with Gasteiger partial charge in [0.05, 0.1) is 29.6 Å². The summed E-state index contributed by atoms with van der Waals surface area (Å²) in [5.74, 6) is 0.489. The fourth-order valence-corrected chi connectivity index (χ4v) is 6.00. The molecule has 0 aromatic carbocycles. The second-order valence-corrected chi connectivity index (χ2v) is 10.2. The van der Waals surface area contributed by atoms with E-state index < -0.39 is 5.54 Å². The molecule has 0 radical (unpaired) electrons. The number of rotatable bonds is 5. The van der Waals surface area contributed by atoms with Crippen LogP contribution in [-0.4, -0.2) is 32.9 Å². The molecule has 0 spiro atoms. The number of fused-ring (bicyclic) bond motifs is 3. The van der Waals surface area contributed by atoms with Gasteiger partial charge in [-0.1, -0.05) is 26.2 Å². The van der Waals surface area contributed by atoms with E-state index in [0.717, 1.165) is 42.3 Å². The van der Waals surface area contributed by atoms with Gasteiger partial charge in [-0.25, -0.2) is 0 Å². The smallest absolute Gasteiger partial charge is 0.271 e. The predicted molar refractivity (Wildman–Crippen MR) is 121 cm³/mol. The molecule has 1 fully saturated rings. The van der Waals surface area contributed by atoms with Gasteiger partial charge in [-0.15, -0.1) is 11.3 Å². The summed E-state index contributed by atoms with van der Waals surface area (Å²) in [6, 6.07) is 8.01. The topological polar surface area (TPSA) is 67.5 Å². The number of amides is 2. The molecule has 1 atom stereocenters. The Labute approximate surface area is 186 Å². The van der Waals surface area contributed by atoms with E-state index in [-0.39, 0.29) is 24.4 Å². The Bertz CT molecular complexity index is 1110. The lowest BCUT2D eigenvalue weighted by molar-refractivity contribution is -0.134. The number of hydrogen-bond donors (Lipinski definition) is 1. The average molecular weight is 440 g/mol. The molecule has 31 heavy (non-hydrogen) atoms. The Hall–Kier alpha value is -2.54. The third kappa shape index (κ3) is 3.49. The van der Waals surface area contributed by atoms with Gasteiger partial charge in [-0.3, -0.25) is 9.59 Å². The molecule has 3 aromatic rings. The normalized spacial score (nSPS) is 22.1. The number of aromatic nitrogens is 1. The maximum atomic E-state index is 13.7. The molecule has 2 aliphatic rings. The van der Waals surface area contributed by atoms with Gasteiger partial charge in [-0.05, 0) is 50.5 Å². The van der Waals surface area contributed by atoms with Crippen molar-refractivity contribution in [2.75, 3.05) is 0 Å². The number of carbonyl (C=O) groups excluding carboxylic acids is 2. The van der Waals surface area contributed by atoms with Gasteiger partial charge in [0.2, 0.25) is 5.91 Å². The molecule has 1 aliphatic carbocycles. The first-order valence-corrected chi connectivity index (χ1v) is 12.1. The number of aryl methyl sites for hydroxylation is 1. The first kappa shape index (κ1) is 20.4. The lowest BCUT2D eigenvalue weighted by Gasteiger charge is -2.44. The maximum absolute atomic E-state index is 13.7. The van der Waals surface area contributed by atoms with E-state index in [0.29, 0.717) is 18.0 Å². The SMILES string of the molecule is CCc1cc2c(cc3n2C[C@](C)(C(=O)NC2CCCCC2)N(Cc2ccco2)C3=O)s1. The van der Waals surface area contributed by atoms with Crippen LogP contribution in [-0.2, 0) is 24.3 Å². The zero-order valence-corrected chi connectivity index (χ0v) is 19.0. The van der Waals surface area contributed by atoms with Crippen LogP contribution >= 0.6 is 11.3 Å². The van der Waals surface area contributed by atoms with Crippen molar-refractivity contribution in [2.45, 2.75) is 77.0 Å². The third-order valence-corrected chi connectivity index (χ3v) is 8.05. The summed E-state index contributed by atoms with van der Waals surface area (Å²) in [4.78, 5) is 30.3. The number of hydrogen-bond acceptors (Lipinski definition) is 4. The lowest BCUT2D eigenvalue weighted by Crippen LogP contribution is -2.64. The largest absolute Gasteiger partial charge is 0.467 e. The lowest BCUT2D eigenvalue weighted by atomic mass is 9.91. The number of nitrogens with zero attached hydrogens (tertiary/aromatic N) is 2. The van der Waals surface area contributed by atoms with Crippen LogP contribution in [0.3, 0.4) is 0 Å². The second-order valence-electron chi connectivity index (χ2n) is 8.98. The summed E-state index contributed by atoms with van der Waals surface area (Å²) in [5, 5.41) is 3.27. The summed E-state index contributed by atoms with van der Waals surface area (Å²) >= 11 is 1.73. The summed E-state index contributed by atoms with van der Waals surface area (Å²) in [6.07, 6.45) is 8.12. The van der Waals surface area contributed by atoms with E-state index in [2.05, 4.69) is 18.3 Å². The van der Waals surface area contributed by atoms with Crippen molar-refractivity contribution in [3.8, 4) is 0 Å². The van der Waals surface area contributed by atoms with Crippen molar-refractivity contribution in [3.63, 3.8) is 0 Å². The van der Waals surface area contributed by atoms with E-state index in [4.69, 9.17) is 4.42 Å². The van der Waals surface area contributed by atoms with Crippen LogP contribution in [0.5, 0.6) is 0 Å². The molecular weight excluding hydrogens is 410 g/mol. The molecule has 5 rings (SSSR count). The third-order valence-electron chi connectivity index (χ3n) is 6.84. The van der Waals surface area contributed by atoms with E-state index in [9.17, 15) is 9.59 Å². The first-order valence-electron chi connectivity index (χ1n) is 11.3. The molecule has 2 amide bonds. The molecule has 6 nitrogen and oxygen atoms in total. The fraction of sp³-hybridized carbons (Fsp3) is 0.500. The Kier molecular flexibility index (Phi) is 5.16. The zero-order chi connectivity index (χ0) is 21.6. The zero-order valence-electron chi connectivity index (χ0n) is 18.1. The monoisotopic (exact) mass is 439 g/mol. The number of carbonyl (C=O) groups is 2. The molecule has 0 unspecified atom stereocenters. The van der Waals surface area contributed by atoms with Crippen molar-refractivity contribution < 1.29 is 14.0 Å². The fourth-order valence-electron chi connectivity index (χ4n) is 4.96. The van der Waals surface area contributed by atoms with E-state index >= 15 is 0 Å². The highest BCUT2D eigenvalue weighted by Crippen LogP contribution is 2.37. The van der Waals surface area contributed by atoms with Crippen molar-refractivity contribution in [1.82, 2.24) is 14.8 Å². The number of thiophene rings is 1. The molecule has 0 saturated heterocycles. The van der Waals surface area contributed by atoms with E-state index in [1.54, 1.807) is 22.5 Å². The van der Waals surface area contributed by atoms with Gasteiger partial charge in [-0.2, -0.15) is 0 Å². The minimum atomic E-state index is -0.991. The summed E-state index contributed by atoms with van der Waals surface area (Å²) in [5.41, 5.74) is 0.715. The van der Waals surface area contributed by atoms with Gasteiger partial charge in [0, 0.05) is 10.9 Å². The van der Waals surface area contributed by atoms with E-state index in [1.807, 2.05) is 29.7 Å². The van der Waals surface area contributed by atoms with Crippen LogP contribution in [0.2, 0.25) is 0 Å². The van der Waals surface area contributed by atoms with Crippen molar-refractivity contribution >= 4 is 33.4 Å². The molecular formula is C24H29N3O3S. The molecule has 3 aromatic heterocycles. The van der Waals surface area contributed by atoms with Crippen molar-refractivity contribution in [2.24, 2.45) is 0 Å². The molecule has 1 saturated carbocycles. The number of nitrogens with one attached hydrogen (secondary N) is 1. The number of furan rings is 1. The van der Waals surface area contributed by atoms with Crippen LogP contribution in [0.25, 0.3) is 10.2 Å². The van der Waals surface area contributed by atoms with Crippen molar-refractivity contribution in [3.05, 3.63) is 46.9 Å². The van der Waals surface area contributed by atoms with Gasteiger partial charge in [0.15, 0.2) is 0 Å². The average Bonchev–Trinajstić information content (AvgIpc) is 3.49. The van der Waals surface area contributed by atoms with Gasteiger partial charge in [0.1, 0.15) is 17.0 Å². The minimum absolute atomic E-state index is 0.0715. The van der Waals surface area contributed by atoms with Gasteiger partial charge >= 0.3 is 0 Å². The summed E-state index contributed by atoms with van der Waals surface area (Å²) in [7, 11) is 0. The van der Waals surface area contributed by atoms with Gasteiger partial charge in [0.25, 0.3) is 5.91 Å². The molecule has 0 bridgehead atoms. The summed E-state index contributed by atoms with van der Waals surface area (Å²) < 4.78 is 8.69. The molecule has 1 aliphatic heterocycles. The quantitative estimate of drug-likeness (QED) is 0.625. The Balaban J connectivity index is 1.54. The predicted octanol–water partition coefficient (Wildman–Crippen LogP) is 4.72. The van der Waals surface area contributed by atoms with Crippen LogP contribution in [0.15, 0.2) is 34.9 Å². The van der Waals surface area contributed by atoms with Crippen LogP contribution < -0.4 is 5.32 Å². The molecule has 164 valence electrons. The second kappa shape index (κ2) is 7.86. The highest BCUT2D eigenvalue weighted by Gasteiger charge is 2.48. The Morgan fingerprint density at radius 1 is 1.29 bits per heavy atom. The first-order chi connectivity index (χ1) is 15.0. The van der Waals surface area contributed by atoms with Crippen LogP contribution in [0.1, 0.15) is 67.1 Å². The minimum Gasteiger partial charge on any atom is -0.467 e. The van der Waals surface area contributed by atoms with Gasteiger partial charge < -0.3 is 19.2 Å². The highest BCUT2D eigenvalue weighted by molar-refractivity contribution is 7.19. The maximum Gasteiger partial charge on any atom is 0.271 e.